The molecule has 0 aliphatic heterocycles. The van der Waals surface area contributed by atoms with Crippen molar-refractivity contribution in [3.63, 3.8) is 0 Å². The summed E-state index contributed by atoms with van der Waals surface area (Å²) in [7, 11) is 0. The zero-order valence-corrected chi connectivity index (χ0v) is 9.54. The Morgan fingerprint density at radius 2 is 2.47 bits per heavy atom. The van der Waals surface area contributed by atoms with Gasteiger partial charge in [0.1, 0.15) is 5.82 Å². The van der Waals surface area contributed by atoms with E-state index in [2.05, 4.69) is 37.5 Å². The maximum atomic E-state index is 11.3. The maximum Gasteiger partial charge on any atom is 0.239 e. The number of hydrogen-bond acceptors (Lipinski definition) is 3. The predicted octanol–water partition coefficient (Wildman–Crippen LogP) is 1.01. The van der Waals surface area contributed by atoms with Gasteiger partial charge in [-0.1, -0.05) is 5.92 Å². The Kier molecular flexibility index (Phi) is 4.81. The molecule has 0 aromatic carbocycles. The molecule has 4 nitrogen and oxygen atoms in total. The van der Waals surface area contributed by atoms with Gasteiger partial charge in [0.2, 0.25) is 5.91 Å². The highest BCUT2D eigenvalue weighted by molar-refractivity contribution is 9.10. The first-order valence-electron chi connectivity index (χ1n) is 4.28. The molecule has 1 aromatic heterocycles. The van der Waals surface area contributed by atoms with E-state index in [0.29, 0.717) is 12.4 Å². The number of carbonyl (C=O) groups is 1. The molecule has 0 radical (unpaired) electrons. The molecular formula is C10H10BrN3O. The normalized spacial score (nSPS) is 9.33. The first-order valence-corrected chi connectivity index (χ1v) is 5.08. The number of amides is 1. The van der Waals surface area contributed by atoms with Crippen LogP contribution in [-0.4, -0.2) is 24.0 Å². The molecule has 0 saturated heterocycles. The lowest BCUT2D eigenvalue weighted by atomic mass is 10.4. The molecule has 2 N–H and O–H groups in total. The van der Waals surface area contributed by atoms with Crippen molar-refractivity contribution in [3.8, 4) is 12.3 Å². The third-order valence-electron chi connectivity index (χ3n) is 1.53. The lowest BCUT2D eigenvalue weighted by molar-refractivity contribution is -0.115. The van der Waals surface area contributed by atoms with Gasteiger partial charge in [0.15, 0.2) is 0 Å². The molecular weight excluding hydrogens is 258 g/mol. The van der Waals surface area contributed by atoms with E-state index in [1.165, 1.54) is 0 Å². The summed E-state index contributed by atoms with van der Waals surface area (Å²) in [5, 5.41) is 5.42. The number of nitrogens with zero attached hydrogens (tertiary/aromatic N) is 1. The summed E-state index contributed by atoms with van der Waals surface area (Å²) in [6.45, 7) is 0.546. The summed E-state index contributed by atoms with van der Waals surface area (Å²) < 4.78 is 0.746. The number of anilines is 1. The quantitative estimate of drug-likeness (QED) is 0.633. The van der Waals surface area contributed by atoms with E-state index in [4.69, 9.17) is 6.42 Å². The molecule has 1 heterocycles. The minimum absolute atomic E-state index is 0.174. The van der Waals surface area contributed by atoms with Crippen LogP contribution in [0.25, 0.3) is 0 Å². The molecule has 0 atom stereocenters. The third-order valence-corrected chi connectivity index (χ3v) is 2.17. The van der Waals surface area contributed by atoms with Crippen LogP contribution in [-0.2, 0) is 4.79 Å². The van der Waals surface area contributed by atoms with Crippen molar-refractivity contribution in [3.05, 3.63) is 22.8 Å². The topological polar surface area (TPSA) is 54.0 Å². The second kappa shape index (κ2) is 6.17. The molecule has 15 heavy (non-hydrogen) atoms. The molecule has 0 spiro atoms. The van der Waals surface area contributed by atoms with Crippen molar-refractivity contribution < 1.29 is 4.79 Å². The fourth-order valence-corrected chi connectivity index (χ4v) is 1.26. The number of hydrogen-bond donors (Lipinski definition) is 2. The number of halogens is 1. The van der Waals surface area contributed by atoms with Gasteiger partial charge >= 0.3 is 0 Å². The second-order valence-electron chi connectivity index (χ2n) is 2.69. The van der Waals surface area contributed by atoms with Crippen molar-refractivity contribution in [2.45, 2.75) is 0 Å². The van der Waals surface area contributed by atoms with Crippen LogP contribution in [0.3, 0.4) is 0 Å². The minimum Gasteiger partial charge on any atom is -0.309 e. The summed E-state index contributed by atoms with van der Waals surface area (Å²) in [6, 6.07) is 3.58. The first-order chi connectivity index (χ1) is 7.24. The lowest BCUT2D eigenvalue weighted by Crippen LogP contribution is -2.28. The lowest BCUT2D eigenvalue weighted by Gasteiger charge is -2.05. The molecule has 78 valence electrons. The highest BCUT2D eigenvalue weighted by atomic mass is 79.9. The largest absolute Gasteiger partial charge is 0.309 e. The van der Waals surface area contributed by atoms with Crippen LogP contribution in [0, 0.1) is 12.3 Å². The summed E-state index contributed by atoms with van der Waals surface area (Å²) in [5.41, 5.74) is 0. The van der Waals surface area contributed by atoms with Gasteiger partial charge in [0.05, 0.1) is 17.6 Å². The summed E-state index contributed by atoms with van der Waals surface area (Å²) >= 11 is 3.28. The van der Waals surface area contributed by atoms with Crippen LogP contribution in [0.2, 0.25) is 0 Å². The van der Waals surface area contributed by atoms with E-state index in [0.717, 1.165) is 4.47 Å². The Morgan fingerprint density at radius 1 is 1.67 bits per heavy atom. The Hall–Kier alpha value is -1.38. The highest BCUT2D eigenvalue weighted by Gasteiger charge is 2.04. The standard InChI is InChI=1S/C10H10BrN3O/c1-2-5-12-7-9(15)14-10-8(11)4-3-6-13-10/h1,3-4,6,12H,5,7H2,(H,13,14,15). The molecule has 1 rings (SSSR count). The zero-order chi connectivity index (χ0) is 11.1. The van der Waals surface area contributed by atoms with Gasteiger partial charge in [-0.25, -0.2) is 4.98 Å². The molecule has 0 unspecified atom stereocenters. The average Bonchev–Trinajstić information content (AvgIpc) is 2.22. The number of carbonyl (C=O) groups excluding carboxylic acids is 1. The Labute approximate surface area is 96.6 Å². The van der Waals surface area contributed by atoms with Gasteiger partial charge in [-0.3, -0.25) is 10.1 Å². The molecule has 0 saturated carbocycles. The van der Waals surface area contributed by atoms with E-state index in [1.54, 1.807) is 18.3 Å². The summed E-state index contributed by atoms with van der Waals surface area (Å²) in [5.74, 6) is 2.71. The van der Waals surface area contributed by atoms with E-state index in [1.807, 2.05) is 0 Å². The Bertz CT molecular complexity index is 386. The number of rotatable bonds is 4. The summed E-state index contributed by atoms with van der Waals surface area (Å²) in [4.78, 5) is 15.3. The van der Waals surface area contributed by atoms with Crippen LogP contribution in [0.1, 0.15) is 0 Å². The molecule has 1 aromatic rings. The molecule has 0 aliphatic carbocycles. The number of pyridine rings is 1. The van der Waals surface area contributed by atoms with Crippen LogP contribution in [0.5, 0.6) is 0 Å². The van der Waals surface area contributed by atoms with Gasteiger partial charge < -0.3 is 5.32 Å². The monoisotopic (exact) mass is 267 g/mol. The van der Waals surface area contributed by atoms with Crippen molar-refractivity contribution in [2.75, 3.05) is 18.4 Å². The van der Waals surface area contributed by atoms with Gasteiger partial charge in [-0.05, 0) is 28.1 Å². The maximum absolute atomic E-state index is 11.3. The molecule has 5 heteroatoms. The number of terminal acetylenes is 1. The zero-order valence-electron chi connectivity index (χ0n) is 7.96. The van der Waals surface area contributed by atoms with Gasteiger partial charge in [-0.2, -0.15) is 0 Å². The third kappa shape index (κ3) is 4.11. The van der Waals surface area contributed by atoms with Crippen LogP contribution in [0.4, 0.5) is 5.82 Å². The fraction of sp³-hybridized carbons (Fsp3) is 0.200. The van der Waals surface area contributed by atoms with Gasteiger partial charge in [0, 0.05) is 6.20 Å². The van der Waals surface area contributed by atoms with Crippen LogP contribution >= 0.6 is 15.9 Å². The van der Waals surface area contributed by atoms with Crippen LogP contribution < -0.4 is 10.6 Å². The van der Waals surface area contributed by atoms with Crippen molar-refractivity contribution in [1.82, 2.24) is 10.3 Å². The van der Waals surface area contributed by atoms with E-state index < -0.39 is 0 Å². The fourth-order valence-electron chi connectivity index (χ4n) is 0.902. The predicted molar refractivity (Wildman–Crippen MR) is 62.3 cm³/mol. The average molecular weight is 268 g/mol. The minimum atomic E-state index is -0.176. The molecule has 0 bridgehead atoms. The van der Waals surface area contributed by atoms with E-state index >= 15 is 0 Å². The van der Waals surface area contributed by atoms with Crippen LogP contribution in [0.15, 0.2) is 22.8 Å². The molecule has 1 amide bonds. The van der Waals surface area contributed by atoms with Crippen molar-refractivity contribution in [2.24, 2.45) is 0 Å². The van der Waals surface area contributed by atoms with Gasteiger partial charge in [0.25, 0.3) is 0 Å². The van der Waals surface area contributed by atoms with Crippen molar-refractivity contribution in [1.29, 1.82) is 0 Å². The van der Waals surface area contributed by atoms with E-state index in [9.17, 15) is 4.79 Å². The highest BCUT2D eigenvalue weighted by Crippen LogP contribution is 2.17. The number of nitrogens with one attached hydrogen (secondary N) is 2. The summed E-state index contributed by atoms with van der Waals surface area (Å²) in [6.07, 6.45) is 6.63. The molecule has 0 fully saturated rings. The Balaban J connectivity index is 2.45. The smallest absolute Gasteiger partial charge is 0.239 e. The second-order valence-corrected chi connectivity index (χ2v) is 3.54. The molecule has 0 aliphatic rings. The Morgan fingerprint density at radius 3 is 3.13 bits per heavy atom. The van der Waals surface area contributed by atoms with Crippen molar-refractivity contribution >= 4 is 27.7 Å². The SMILES string of the molecule is C#CCNCC(=O)Nc1ncccc1Br. The number of aromatic nitrogens is 1. The van der Waals surface area contributed by atoms with Gasteiger partial charge in [-0.15, -0.1) is 6.42 Å². The first kappa shape index (κ1) is 11.7. The van der Waals surface area contributed by atoms with E-state index in [-0.39, 0.29) is 12.5 Å².